The fourth-order valence-electron chi connectivity index (χ4n) is 2.23. The van der Waals surface area contributed by atoms with E-state index in [1.807, 2.05) is 30.3 Å². The minimum absolute atomic E-state index is 0.0208. The van der Waals surface area contributed by atoms with E-state index < -0.39 is 0 Å². The Morgan fingerprint density at radius 2 is 1.83 bits per heavy atom. The summed E-state index contributed by atoms with van der Waals surface area (Å²) in [5.74, 6) is 0.177. The molecule has 0 radical (unpaired) electrons. The molecule has 23 heavy (non-hydrogen) atoms. The minimum Gasteiger partial charge on any atom is -0.346 e. The van der Waals surface area contributed by atoms with Crippen LogP contribution in [0.4, 0.5) is 0 Å². The number of carbonyl (C=O) groups is 2. The Morgan fingerprint density at radius 1 is 1.17 bits per heavy atom. The molecule has 0 aliphatic carbocycles. The molecule has 1 aromatic carbocycles. The van der Waals surface area contributed by atoms with Crippen LogP contribution < -0.4 is 0 Å². The highest BCUT2D eigenvalue weighted by Crippen LogP contribution is 2.17. The predicted octanol–water partition coefficient (Wildman–Crippen LogP) is 3.38. The summed E-state index contributed by atoms with van der Waals surface area (Å²) in [7, 11) is 3.46. The first-order valence-electron chi connectivity index (χ1n) is 7.85. The second-order valence-electron chi connectivity index (χ2n) is 5.70. The lowest BCUT2D eigenvalue weighted by atomic mass is 9.98. The van der Waals surface area contributed by atoms with Crippen molar-refractivity contribution in [3.63, 3.8) is 0 Å². The van der Waals surface area contributed by atoms with E-state index in [1.54, 1.807) is 19.0 Å². The van der Waals surface area contributed by atoms with Crippen molar-refractivity contribution in [2.75, 3.05) is 20.6 Å². The first-order chi connectivity index (χ1) is 10.9. The molecule has 4 nitrogen and oxygen atoms in total. The smallest absolute Gasteiger partial charge is 0.219 e. The fourth-order valence-corrected chi connectivity index (χ4v) is 2.23. The Bertz CT molecular complexity index is 576. The molecule has 0 atom stereocenters. The van der Waals surface area contributed by atoms with Crippen LogP contribution in [-0.2, 0) is 9.59 Å². The molecule has 0 N–H and O–H groups in total. The van der Waals surface area contributed by atoms with E-state index in [9.17, 15) is 9.59 Å². The van der Waals surface area contributed by atoms with Crippen molar-refractivity contribution in [3.8, 4) is 0 Å². The van der Waals surface area contributed by atoms with Gasteiger partial charge in [-0.1, -0.05) is 36.9 Å². The van der Waals surface area contributed by atoms with E-state index in [-0.39, 0.29) is 11.7 Å². The van der Waals surface area contributed by atoms with Crippen LogP contribution in [0.25, 0.3) is 5.57 Å². The van der Waals surface area contributed by atoms with Crippen LogP contribution in [0, 0.1) is 0 Å². The molecule has 0 saturated carbocycles. The highest BCUT2D eigenvalue weighted by Gasteiger charge is 2.10. The summed E-state index contributed by atoms with van der Waals surface area (Å²) in [6, 6.07) is 9.93. The summed E-state index contributed by atoms with van der Waals surface area (Å²) in [5.41, 5.74) is 2.89. The van der Waals surface area contributed by atoms with E-state index >= 15 is 0 Å². The van der Waals surface area contributed by atoms with Crippen molar-refractivity contribution < 1.29 is 9.59 Å². The second kappa shape index (κ2) is 9.72. The van der Waals surface area contributed by atoms with Gasteiger partial charge in [0.25, 0.3) is 0 Å². The molecular formula is C19H26N2O2. The van der Waals surface area contributed by atoms with Gasteiger partial charge >= 0.3 is 0 Å². The van der Waals surface area contributed by atoms with Gasteiger partial charge in [-0.25, -0.2) is 0 Å². The van der Waals surface area contributed by atoms with Crippen molar-refractivity contribution >= 4 is 23.0 Å². The molecule has 1 amide bonds. The number of allylic oxidation sites excluding steroid dienone is 1. The fraction of sp³-hybridized carbons (Fsp3) is 0.421. The summed E-state index contributed by atoms with van der Waals surface area (Å²) in [4.78, 5) is 29.0. The summed E-state index contributed by atoms with van der Waals surface area (Å²) in [5, 5.41) is 0. The quantitative estimate of drug-likeness (QED) is 0.656. The van der Waals surface area contributed by atoms with Crippen molar-refractivity contribution in [2.45, 2.75) is 32.6 Å². The maximum atomic E-state index is 12.1. The summed E-state index contributed by atoms with van der Waals surface area (Å²) in [6.45, 7) is 6.22. The van der Waals surface area contributed by atoms with Gasteiger partial charge in [0.1, 0.15) is 5.78 Å². The number of nitrogens with zero attached hydrogens (tertiary/aromatic N) is 2. The monoisotopic (exact) mass is 314 g/mol. The van der Waals surface area contributed by atoms with Gasteiger partial charge in [-0.2, -0.15) is 0 Å². The zero-order valence-electron chi connectivity index (χ0n) is 14.3. The molecule has 0 bridgehead atoms. The summed E-state index contributed by atoms with van der Waals surface area (Å²) in [6.07, 6.45) is 2.12. The topological polar surface area (TPSA) is 49.7 Å². The third kappa shape index (κ3) is 7.04. The van der Waals surface area contributed by atoms with E-state index in [0.29, 0.717) is 32.2 Å². The summed E-state index contributed by atoms with van der Waals surface area (Å²) >= 11 is 0. The predicted molar refractivity (Wildman–Crippen MR) is 95.6 cm³/mol. The molecule has 124 valence electrons. The molecule has 0 spiro atoms. The number of benzene rings is 1. The van der Waals surface area contributed by atoms with Gasteiger partial charge in [0.05, 0.1) is 0 Å². The van der Waals surface area contributed by atoms with Crippen LogP contribution in [0.1, 0.15) is 38.2 Å². The van der Waals surface area contributed by atoms with Gasteiger partial charge < -0.3 is 4.90 Å². The zero-order chi connectivity index (χ0) is 17.2. The third-order valence-corrected chi connectivity index (χ3v) is 3.80. The average Bonchev–Trinajstić information content (AvgIpc) is 2.54. The standard InChI is InChI=1S/C19H26N2O2/c1-15(17-9-6-5-7-10-17)13-18(20-3)14-19(23)11-8-12-21(4)16(2)22/h5-7,9-10H,1,8,11-14H2,2-4H3. The maximum Gasteiger partial charge on any atom is 0.219 e. The normalized spacial score (nSPS) is 11.2. The Hall–Kier alpha value is -2.23. The number of hydrogen-bond acceptors (Lipinski definition) is 3. The molecule has 0 aliphatic rings. The van der Waals surface area contributed by atoms with E-state index in [1.165, 1.54) is 6.92 Å². The number of amides is 1. The Morgan fingerprint density at radius 3 is 2.39 bits per heavy atom. The average molecular weight is 314 g/mol. The maximum absolute atomic E-state index is 12.1. The van der Waals surface area contributed by atoms with Crippen molar-refractivity contribution in [2.24, 2.45) is 4.99 Å². The highest BCUT2D eigenvalue weighted by molar-refractivity contribution is 6.05. The number of ketones is 1. The first-order valence-corrected chi connectivity index (χ1v) is 7.85. The van der Waals surface area contributed by atoms with E-state index in [4.69, 9.17) is 0 Å². The molecule has 0 heterocycles. The molecule has 0 saturated heterocycles. The molecular weight excluding hydrogens is 288 g/mol. The van der Waals surface area contributed by atoms with E-state index in [0.717, 1.165) is 16.8 Å². The lowest BCUT2D eigenvalue weighted by molar-refractivity contribution is -0.128. The van der Waals surface area contributed by atoms with Crippen LogP contribution in [-0.4, -0.2) is 42.9 Å². The minimum atomic E-state index is 0.0208. The van der Waals surface area contributed by atoms with Crippen molar-refractivity contribution in [1.82, 2.24) is 4.90 Å². The lowest BCUT2D eigenvalue weighted by Gasteiger charge is -2.14. The molecule has 0 unspecified atom stereocenters. The van der Waals surface area contributed by atoms with Gasteiger partial charge in [0.15, 0.2) is 0 Å². The van der Waals surface area contributed by atoms with Crippen LogP contribution in [0.15, 0.2) is 41.9 Å². The van der Waals surface area contributed by atoms with Gasteiger partial charge in [0, 0.05) is 52.5 Å². The number of carbonyl (C=O) groups excluding carboxylic acids is 2. The zero-order valence-corrected chi connectivity index (χ0v) is 14.3. The summed E-state index contributed by atoms with van der Waals surface area (Å²) < 4.78 is 0. The first kappa shape index (κ1) is 18.8. The van der Waals surface area contributed by atoms with Crippen LogP contribution in [0.3, 0.4) is 0 Å². The van der Waals surface area contributed by atoms with E-state index in [2.05, 4.69) is 11.6 Å². The number of aliphatic imine (C=N–C) groups is 1. The number of rotatable bonds is 9. The Labute approximate surface area is 138 Å². The molecule has 0 fully saturated rings. The second-order valence-corrected chi connectivity index (χ2v) is 5.70. The molecule has 0 aliphatic heterocycles. The SMILES string of the molecule is C=C(CC(CC(=O)CCCN(C)C(C)=O)=NC)c1ccccc1. The molecule has 1 rings (SSSR count). The Kier molecular flexibility index (Phi) is 7.95. The molecule has 1 aromatic rings. The van der Waals surface area contributed by atoms with Crippen LogP contribution in [0.5, 0.6) is 0 Å². The number of hydrogen-bond donors (Lipinski definition) is 0. The van der Waals surface area contributed by atoms with Gasteiger partial charge in [-0.15, -0.1) is 0 Å². The third-order valence-electron chi connectivity index (χ3n) is 3.80. The van der Waals surface area contributed by atoms with Gasteiger partial charge in [-0.3, -0.25) is 14.6 Å². The lowest BCUT2D eigenvalue weighted by Crippen LogP contribution is -2.25. The van der Waals surface area contributed by atoms with Crippen molar-refractivity contribution in [1.29, 1.82) is 0 Å². The van der Waals surface area contributed by atoms with Crippen molar-refractivity contribution in [3.05, 3.63) is 42.5 Å². The van der Waals surface area contributed by atoms with Gasteiger partial charge in [0.2, 0.25) is 5.91 Å². The van der Waals surface area contributed by atoms with Gasteiger partial charge in [-0.05, 0) is 17.6 Å². The molecule has 4 heteroatoms. The van der Waals surface area contributed by atoms with Crippen LogP contribution >= 0.6 is 0 Å². The molecule has 0 aromatic heterocycles. The number of Topliss-reactive ketones (excluding diaryl/α,β-unsaturated/α-hetero) is 1. The largest absolute Gasteiger partial charge is 0.346 e. The Balaban J connectivity index is 2.43. The highest BCUT2D eigenvalue weighted by atomic mass is 16.2. The van der Waals surface area contributed by atoms with Crippen LogP contribution in [0.2, 0.25) is 0 Å².